The van der Waals surface area contributed by atoms with Crippen molar-refractivity contribution in [1.29, 1.82) is 0 Å². The number of benzene rings is 2. The van der Waals surface area contributed by atoms with Gasteiger partial charge < -0.3 is 9.47 Å². The van der Waals surface area contributed by atoms with E-state index < -0.39 is 0 Å². The first-order chi connectivity index (χ1) is 14.0. The molecular formula is C26H34O3. The molecule has 0 bridgehead atoms. The van der Waals surface area contributed by atoms with Crippen LogP contribution in [-0.4, -0.2) is 25.8 Å². The van der Waals surface area contributed by atoms with E-state index in [2.05, 4.69) is 62.0 Å². The summed E-state index contributed by atoms with van der Waals surface area (Å²) in [7, 11) is 1.65. The van der Waals surface area contributed by atoms with Gasteiger partial charge in [-0.2, -0.15) is 0 Å². The molecule has 0 aromatic heterocycles. The Labute approximate surface area is 175 Å². The summed E-state index contributed by atoms with van der Waals surface area (Å²) < 4.78 is 10.7. The van der Waals surface area contributed by atoms with Crippen LogP contribution in [-0.2, 0) is 27.1 Å². The van der Waals surface area contributed by atoms with Crippen LogP contribution in [0.3, 0.4) is 0 Å². The second-order valence-electron chi connectivity index (χ2n) is 7.64. The minimum Gasteiger partial charge on any atom is -0.459 e. The first-order valence-electron chi connectivity index (χ1n) is 10.6. The molecule has 0 fully saturated rings. The predicted molar refractivity (Wildman–Crippen MR) is 120 cm³/mol. The molecule has 1 unspecified atom stereocenters. The lowest BCUT2D eigenvalue weighted by Gasteiger charge is -2.18. The van der Waals surface area contributed by atoms with E-state index in [0.717, 1.165) is 12.0 Å². The number of aryl methyl sites for hydroxylation is 1. The van der Waals surface area contributed by atoms with Gasteiger partial charge in [-0.3, -0.25) is 0 Å². The third kappa shape index (κ3) is 7.86. The fraction of sp³-hybridized carbons (Fsp3) is 0.423. The van der Waals surface area contributed by atoms with Gasteiger partial charge in [0.15, 0.2) is 0 Å². The van der Waals surface area contributed by atoms with Crippen molar-refractivity contribution >= 4 is 5.97 Å². The van der Waals surface area contributed by atoms with Crippen molar-refractivity contribution in [3.05, 3.63) is 71.8 Å². The molecule has 2 aromatic carbocycles. The molecule has 3 nitrogen and oxygen atoms in total. The molecule has 0 saturated carbocycles. The number of unbranched alkanes of at least 4 members (excludes halogenated alkanes) is 2. The highest BCUT2D eigenvalue weighted by molar-refractivity contribution is 5.87. The fourth-order valence-corrected chi connectivity index (χ4v) is 3.24. The first kappa shape index (κ1) is 22.9. The summed E-state index contributed by atoms with van der Waals surface area (Å²) in [5, 5.41) is 0. The zero-order valence-electron chi connectivity index (χ0n) is 18.1. The summed E-state index contributed by atoms with van der Waals surface area (Å²) in [5.41, 5.74) is 5.38. The number of carbonyl (C=O) groups excluding carboxylic acids is 1. The largest absolute Gasteiger partial charge is 0.459 e. The van der Waals surface area contributed by atoms with Crippen LogP contribution >= 0.6 is 0 Å². The highest BCUT2D eigenvalue weighted by Gasteiger charge is 2.16. The second kappa shape index (κ2) is 12.2. The number of hydrogen-bond acceptors (Lipinski definition) is 3. The normalized spacial score (nSPS) is 11.8. The van der Waals surface area contributed by atoms with E-state index in [0.29, 0.717) is 25.0 Å². The predicted octanol–water partition coefficient (Wildman–Crippen LogP) is 6.15. The minimum absolute atomic E-state index is 0.215. The van der Waals surface area contributed by atoms with Gasteiger partial charge in [0.1, 0.15) is 6.10 Å². The van der Waals surface area contributed by atoms with Crippen molar-refractivity contribution < 1.29 is 14.3 Å². The Hall–Kier alpha value is -2.39. The van der Waals surface area contributed by atoms with Crippen LogP contribution in [0.25, 0.3) is 11.1 Å². The third-order valence-electron chi connectivity index (χ3n) is 5.04. The molecular weight excluding hydrogens is 360 g/mol. The summed E-state index contributed by atoms with van der Waals surface area (Å²) in [5.74, 6) is -0.346. The molecule has 0 saturated heterocycles. The first-order valence-corrected chi connectivity index (χ1v) is 10.6. The van der Waals surface area contributed by atoms with Crippen molar-refractivity contribution in [2.75, 3.05) is 13.7 Å². The lowest BCUT2D eigenvalue weighted by atomic mass is 9.99. The van der Waals surface area contributed by atoms with Gasteiger partial charge in [-0.15, -0.1) is 0 Å². The number of hydrogen-bond donors (Lipinski definition) is 0. The number of esters is 1. The van der Waals surface area contributed by atoms with Crippen LogP contribution in [0.5, 0.6) is 0 Å². The van der Waals surface area contributed by atoms with E-state index >= 15 is 0 Å². The summed E-state index contributed by atoms with van der Waals surface area (Å²) in [6.45, 7) is 8.11. The van der Waals surface area contributed by atoms with Crippen molar-refractivity contribution in [2.24, 2.45) is 0 Å². The highest BCUT2D eigenvalue weighted by Crippen LogP contribution is 2.22. The molecule has 0 N–H and O–H groups in total. The number of ether oxygens (including phenoxy) is 2. The Balaban J connectivity index is 2.00. The van der Waals surface area contributed by atoms with E-state index in [9.17, 15) is 4.79 Å². The van der Waals surface area contributed by atoms with Gasteiger partial charge in [-0.1, -0.05) is 74.9 Å². The summed E-state index contributed by atoms with van der Waals surface area (Å²) in [4.78, 5) is 11.9. The zero-order valence-corrected chi connectivity index (χ0v) is 18.1. The molecule has 156 valence electrons. The summed E-state index contributed by atoms with van der Waals surface area (Å²) in [6, 6.07) is 17.4. The summed E-state index contributed by atoms with van der Waals surface area (Å²) >= 11 is 0. The van der Waals surface area contributed by atoms with E-state index in [4.69, 9.17) is 9.47 Å². The number of methoxy groups -OCH3 is 1. The average Bonchev–Trinajstić information content (AvgIpc) is 2.73. The quantitative estimate of drug-likeness (QED) is 0.246. The molecule has 0 amide bonds. The minimum atomic E-state index is -0.346. The third-order valence-corrected chi connectivity index (χ3v) is 5.04. The molecule has 1 atom stereocenters. The van der Waals surface area contributed by atoms with Crippen molar-refractivity contribution in [3.63, 3.8) is 0 Å². The van der Waals surface area contributed by atoms with E-state index in [1.165, 1.54) is 36.0 Å². The second-order valence-corrected chi connectivity index (χ2v) is 7.64. The van der Waals surface area contributed by atoms with Gasteiger partial charge in [0.05, 0.1) is 0 Å². The van der Waals surface area contributed by atoms with Crippen molar-refractivity contribution in [2.45, 2.75) is 58.5 Å². The number of rotatable bonds is 12. The molecule has 0 spiro atoms. The van der Waals surface area contributed by atoms with E-state index in [1.54, 1.807) is 14.0 Å². The molecule has 0 aliphatic rings. The van der Waals surface area contributed by atoms with Gasteiger partial charge in [-0.25, -0.2) is 4.79 Å². The highest BCUT2D eigenvalue weighted by atomic mass is 16.5. The summed E-state index contributed by atoms with van der Waals surface area (Å²) in [6.07, 6.45) is 6.06. The maximum absolute atomic E-state index is 11.9. The lowest BCUT2D eigenvalue weighted by Crippen LogP contribution is -2.22. The molecule has 0 radical (unpaired) electrons. The smallest absolute Gasteiger partial charge is 0.333 e. The van der Waals surface area contributed by atoms with Gasteiger partial charge in [0.25, 0.3) is 0 Å². The molecule has 0 aliphatic carbocycles. The standard InChI is InChI=1S/C26H34O3/c1-5-6-7-8-21-9-13-23(14-10-21)24-15-11-22(12-16-24)19-25(17-18-28-4)29-26(27)20(2)3/h9-16,25H,2,5-8,17-19H2,1,3-4H3. The lowest BCUT2D eigenvalue weighted by molar-refractivity contribution is -0.144. The molecule has 2 rings (SSSR count). The van der Waals surface area contributed by atoms with Crippen LogP contribution in [0.1, 0.15) is 50.7 Å². The van der Waals surface area contributed by atoms with E-state index in [-0.39, 0.29) is 12.1 Å². The molecule has 0 aliphatic heterocycles. The van der Waals surface area contributed by atoms with Gasteiger partial charge >= 0.3 is 5.97 Å². The Kier molecular flexibility index (Phi) is 9.66. The van der Waals surface area contributed by atoms with Crippen LogP contribution in [0.15, 0.2) is 60.7 Å². The maximum Gasteiger partial charge on any atom is 0.333 e. The SMILES string of the molecule is C=C(C)C(=O)OC(CCOC)Cc1ccc(-c2ccc(CCCCC)cc2)cc1. The van der Waals surface area contributed by atoms with Crippen LogP contribution in [0.2, 0.25) is 0 Å². The fourth-order valence-electron chi connectivity index (χ4n) is 3.24. The van der Waals surface area contributed by atoms with Crippen LogP contribution in [0, 0.1) is 0 Å². The number of carbonyl (C=O) groups is 1. The van der Waals surface area contributed by atoms with Crippen LogP contribution < -0.4 is 0 Å². The van der Waals surface area contributed by atoms with Gasteiger partial charge in [-0.05, 0) is 42.0 Å². The zero-order chi connectivity index (χ0) is 21.1. The Morgan fingerprint density at radius 2 is 1.55 bits per heavy atom. The molecule has 3 heteroatoms. The Bertz CT molecular complexity index is 760. The maximum atomic E-state index is 11.9. The van der Waals surface area contributed by atoms with Crippen LogP contribution in [0.4, 0.5) is 0 Å². The van der Waals surface area contributed by atoms with Crippen molar-refractivity contribution in [3.8, 4) is 11.1 Å². The molecule has 0 heterocycles. The van der Waals surface area contributed by atoms with Gasteiger partial charge in [0.2, 0.25) is 0 Å². The van der Waals surface area contributed by atoms with E-state index in [1.807, 2.05) is 0 Å². The van der Waals surface area contributed by atoms with Gasteiger partial charge in [0, 0.05) is 32.1 Å². The average molecular weight is 395 g/mol. The Morgan fingerprint density at radius 3 is 2.07 bits per heavy atom. The monoisotopic (exact) mass is 394 g/mol. The molecule has 29 heavy (non-hydrogen) atoms. The Morgan fingerprint density at radius 1 is 0.966 bits per heavy atom. The van der Waals surface area contributed by atoms with Crippen molar-refractivity contribution in [1.82, 2.24) is 0 Å². The molecule has 2 aromatic rings. The topological polar surface area (TPSA) is 35.5 Å².